The van der Waals surface area contributed by atoms with Gasteiger partial charge in [0, 0.05) is 11.3 Å². The molecule has 0 amide bonds. The molecule has 2 aromatic rings. The lowest BCUT2D eigenvalue weighted by atomic mass is 10.1. The fourth-order valence-electron chi connectivity index (χ4n) is 1.76. The average Bonchev–Trinajstić information content (AvgIpc) is 2.95. The molecule has 2 aromatic heterocycles. The number of halogens is 1. The second-order valence-electron chi connectivity index (χ2n) is 3.92. The molecule has 4 heteroatoms. The number of hydrogen-bond acceptors (Lipinski definition) is 3. The van der Waals surface area contributed by atoms with Crippen molar-refractivity contribution in [2.45, 2.75) is 25.8 Å². The third-order valence-electron chi connectivity index (χ3n) is 2.59. The van der Waals surface area contributed by atoms with Crippen LogP contribution < -0.4 is 5.32 Å². The first-order valence-electron chi connectivity index (χ1n) is 5.80. The molecular formula is C13H16ClNOS. The summed E-state index contributed by atoms with van der Waals surface area (Å²) >= 11 is 7.89. The Kier molecular flexibility index (Phi) is 4.66. The highest BCUT2D eigenvalue weighted by Crippen LogP contribution is 2.30. The smallest absolute Gasteiger partial charge is 0.105 e. The number of thiophene rings is 1. The maximum absolute atomic E-state index is 6.19. The van der Waals surface area contributed by atoms with Gasteiger partial charge in [-0.3, -0.25) is 0 Å². The maximum atomic E-state index is 6.19. The van der Waals surface area contributed by atoms with Crippen LogP contribution in [0.25, 0.3) is 0 Å². The van der Waals surface area contributed by atoms with E-state index >= 15 is 0 Å². The fraction of sp³-hybridized carbons (Fsp3) is 0.385. The molecule has 2 rings (SSSR count). The quantitative estimate of drug-likeness (QED) is 0.847. The monoisotopic (exact) mass is 269 g/mol. The second-order valence-corrected chi connectivity index (χ2v) is 5.28. The Bertz CT molecular complexity index is 438. The van der Waals surface area contributed by atoms with Gasteiger partial charge in [0.25, 0.3) is 0 Å². The van der Waals surface area contributed by atoms with Crippen LogP contribution in [0.1, 0.15) is 30.0 Å². The van der Waals surface area contributed by atoms with Gasteiger partial charge in [0.1, 0.15) is 5.76 Å². The van der Waals surface area contributed by atoms with Crippen molar-refractivity contribution in [1.82, 2.24) is 5.32 Å². The predicted octanol–water partition coefficient (Wildman–Crippen LogP) is 4.28. The van der Waals surface area contributed by atoms with Gasteiger partial charge in [-0.05, 0) is 36.5 Å². The summed E-state index contributed by atoms with van der Waals surface area (Å²) in [4.78, 5) is 1.19. The zero-order valence-corrected chi connectivity index (χ0v) is 11.4. The third kappa shape index (κ3) is 3.35. The van der Waals surface area contributed by atoms with Crippen LogP contribution in [-0.4, -0.2) is 6.54 Å². The van der Waals surface area contributed by atoms with Crippen molar-refractivity contribution in [3.8, 4) is 0 Å². The summed E-state index contributed by atoms with van der Waals surface area (Å²) in [5.74, 6) is 0.989. The van der Waals surface area contributed by atoms with Crippen LogP contribution >= 0.6 is 22.9 Å². The largest absolute Gasteiger partial charge is 0.469 e. The molecule has 0 saturated carbocycles. The average molecular weight is 270 g/mol. The lowest BCUT2D eigenvalue weighted by Gasteiger charge is -2.16. The van der Waals surface area contributed by atoms with E-state index in [0.717, 1.165) is 30.2 Å². The molecule has 0 saturated heterocycles. The van der Waals surface area contributed by atoms with E-state index in [1.807, 2.05) is 23.6 Å². The van der Waals surface area contributed by atoms with Crippen LogP contribution in [0.2, 0.25) is 5.02 Å². The van der Waals surface area contributed by atoms with E-state index in [2.05, 4.69) is 12.2 Å². The fourth-order valence-corrected chi connectivity index (χ4v) is 3.03. The van der Waals surface area contributed by atoms with E-state index in [4.69, 9.17) is 16.0 Å². The highest BCUT2D eigenvalue weighted by atomic mass is 35.5. The van der Waals surface area contributed by atoms with Crippen molar-refractivity contribution in [3.05, 3.63) is 45.5 Å². The molecule has 1 atom stereocenters. The molecule has 92 valence electrons. The number of hydrogen-bond donors (Lipinski definition) is 1. The molecule has 0 bridgehead atoms. The Morgan fingerprint density at radius 2 is 2.35 bits per heavy atom. The first-order chi connectivity index (χ1) is 8.31. The van der Waals surface area contributed by atoms with Gasteiger partial charge in [0.2, 0.25) is 0 Å². The Balaban J connectivity index is 2.11. The molecule has 1 N–H and O–H groups in total. The van der Waals surface area contributed by atoms with Gasteiger partial charge in [0.05, 0.1) is 17.3 Å². The SMILES string of the molecule is CCCNC(Cc1ccco1)c1sccc1Cl. The van der Waals surface area contributed by atoms with Gasteiger partial charge in [-0.25, -0.2) is 0 Å². The normalized spacial score (nSPS) is 12.8. The number of nitrogens with one attached hydrogen (secondary N) is 1. The molecule has 0 aliphatic rings. The number of furan rings is 1. The van der Waals surface area contributed by atoms with Crippen LogP contribution in [0.3, 0.4) is 0 Å². The van der Waals surface area contributed by atoms with E-state index in [9.17, 15) is 0 Å². The third-order valence-corrected chi connectivity index (χ3v) is 4.06. The Labute approximate surface area is 111 Å². The standard InChI is InChI=1S/C13H16ClNOS/c1-2-6-15-12(9-10-4-3-7-16-10)13-11(14)5-8-17-13/h3-5,7-8,12,15H,2,6,9H2,1H3. The summed E-state index contributed by atoms with van der Waals surface area (Å²) in [5, 5.41) is 6.39. The van der Waals surface area contributed by atoms with Crippen molar-refractivity contribution < 1.29 is 4.42 Å². The summed E-state index contributed by atoms with van der Waals surface area (Å²) in [7, 11) is 0. The van der Waals surface area contributed by atoms with Crippen LogP contribution in [0, 0.1) is 0 Å². The molecule has 0 aliphatic heterocycles. The summed E-state index contributed by atoms with van der Waals surface area (Å²) < 4.78 is 5.40. The zero-order chi connectivity index (χ0) is 12.1. The molecule has 0 spiro atoms. The first-order valence-corrected chi connectivity index (χ1v) is 7.05. The van der Waals surface area contributed by atoms with Crippen LogP contribution in [0.15, 0.2) is 34.3 Å². The van der Waals surface area contributed by atoms with E-state index in [-0.39, 0.29) is 6.04 Å². The Hall–Kier alpha value is -0.770. The van der Waals surface area contributed by atoms with E-state index in [0.29, 0.717) is 0 Å². The highest BCUT2D eigenvalue weighted by molar-refractivity contribution is 7.10. The van der Waals surface area contributed by atoms with E-state index < -0.39 is 0 Å². The lowest BCUT2D eigenvalue weighted by Crippen LogP contribution is -2.23. The minimum atomic E-state index is 0.244. The van der Waals surface area contributed by atoms with Crippen molar-refractivity contribution >= 4 is 22.9 Å². The highest BCUT2D eigenvalue weighted by Gasteiger charge is 2.17. The first kappa shape index (κ1) is 12.7. The summed E-state index contributed by atoms with van der Waals surface area (Å²) in [6.45, 7) is 3.15. The zero-order valence-electron chi connectivity index (χ0n) is 9.78. The minimum Gasteiger partial charge on any atom is -0.469 e. The van der Waals surface area contributed by atoms with Crippen LogP contribution in [-0.2, 0) is 6.42 Å². The van der Waals surface area contributed by atoms with E-state index in [1.165, 1.54) is 4.88 Å². The molecule has 0 radical (unpaired) electrons. The van der Waals surface area contributed by atoms with Crippen molar-refractivity contribution in [2.24, 2.45) is 0 Å². The summed E-state index contributed by atoms with van der Waals surface area (Å²) in [6, 6.07) is 6.11. The Morgan fingerprint density at radius 1 is 1.47 bits per heavy atom. The van der Waals surface area contributed by atoms with Gasteiger partial charge in [-0.15, -0.1) is 11.3 Å². The van der Waals surface area contributed by atoms with Gasteiger partial charge in [-0.2, -0.15) is 0 Å². The second kappa shape index (κ2) is 6.24. The Morgan fingerprint density at radius 3 is 2.94 bits per heavy atom. The van der Waals surface area contributed by atoms with E-state index in [1.54, 1.807) is 17.6 Å². The van der Waals surface area contributed by atoms with Crippen LogP contribution in [0.5, 0.6) is 0 Å². The summed E-state index contributed by atoms with van der Waals surface area (Å²) in [6.07, 6.45) is 3.66. The number of rotatable bonds is 6. The topological polar surface area (TPSA) is 25.2 Å². The van der Waals surface area contributed by atoms with Gasteiger partial charge in [0.15, 0.2) is 0 Å². The van der Waals surface area contributed by atoms with Crippen molar-refractivity contribution in [2.75, 3.05) is 6.54 Å². The molecule has 1 unspecified atom stereocenters. The van der Waals surface area contributed by atoms with Crippen molar-refractivity contribution in [1.29, 1.82) is 0 Å². The molecule has 0 fully saturated rings. The molecule has 2 heterocycles. The lowest BCUT2D eigenvalue weighted by molar-refractivity contribution is 0.452. The maximum Gasteiger partial charge on any atom is 0.105 e. The van der Waals surface area contributed by atoms with Crippen molar-refractivity contribution in [3.63, 3.8) is 0 Å². The molecule has 0 aromatic carbocycles. The molecule has 0 aliphatic carbocycles. The van der Waals surface area contributed by atoms with Gasteiger partial charge in [-0.1, -0.05) is 18.5 Å². The van der Waals surface area contributed by atoms with Crippen LogP contribution in [0.4, 0.5) is 0 Å². The molecule has 2 nitrogen and oxygen atoms in total. The molecule has 17 heavy (non-hydrogen) atoms. The summed E-state index contributed by atoms with van der Waals surface area (Å²) in [5.41, 5.74) is 0. The minimum absolute atomic E-state index is 0.244. The van der Waals surface area contributed by atoms with Gasteiger partial charge >= 0.3 is 0 Å². The van der Waals surface area contributed by atoms with Gasteiger partial charge < -0.3 is 9.73 Å². The predicted molar refractivity (Wildman–Crippen MR) is 72.8 cm³/mol. The molecular weight excluding hydrogens is 254 g/mol.